The quantitative estimate of drug-likeness (QED) is 0.421. The fourth-order valence-corrected chi connectivity index (χ4v) is 4.83. The number of rotatable bonds is 7. The van der Waals surface area contributed by atoms with E-state index < -0.39 is 12.2 Å². The van der Waals surface area contributed by atoms with E-state index in [9.17, 15) is 13.6 Å². The molecule has 2 aliphatic rings. The number of nitrogens with zero attached hydrogens (tertiary/aromatic N) is 8. The standard InChI is InChI=1S/C23H27ClF2N8O3/c1-31(17(35)12-24)14-6-7-33(13-14)22-28-21(32-8-10-37-11-9-32)29-23(30-22)34-15-4-3-5-16(36-2)18(15)27-20(34)19(25)26/h3-5,14,19H,6-13H2,1-2H3/t14-/m1/s1. The van der Waals surface area contributed by atoms with Crippen LogP contribution in [0.25, 0.3) is 17.0 Å². The average Bonchev–Trinajstić information content (AvgIpc) is 3.58. The molecule has 0 radical (unpaired) electrons. The number of fused-ring (bicyclic) bond motifs is 1. The Morgan fingerprint density at radius 1 is 1.14 bits per heavy atom. The van der Waals surface area contributed by atoms with Crippen LogP contribution in [0.2, 0.25) is 0 Å². The Labute approximate surface area is 217 Å². The van der Waals surface area contributed by atoms with Gasteiger partial charge in [0.1, 0.15) is 17.1 Å². The van der Waals surface area contributed by atoms with Gasteiger partial charge >= 0.3 is 0 Å². The molecular weight excluding hydrogens is 510 g/mol. The van der Waals surface area contributed by atoms with Gasteiger partial charge in [-0.2, -0.15) is 15.0 Å². The highest BCUT2D eigenvalue weighted by Crippen LogP contribution is 2.32. The Morgan fingerprint density at radius 3 is 2.51 bits per heavy atom. The summed E-state index contributed by atoms with van der Waals surface area (Å²) in [7, 11) is 3.18. The number of ether oxygens (including phenoxy) is 2. The molecule has 5 rings (SSSR count). The molecule has 0 aliphatic carbocycles. The van der Waals surface area contributed by atoms with Gasteiger partial charge < -0.3 is 24.2 Å². The van der Waals surface area contributed by atoms with Crippen molar-refractivity contribution in [3.63, 3.8) is 0 Å². The molecule has 2 aliphatic heterocycles. The first-order valence-electron chi connectivity index (χ1n) is 11.9. The Hall–Kier alpha value is -3.32. The van der Waals surface area contributed by atoms with Crippen LogP contribution in [0.15, 0.2) is 18.2 Å². The average molecular weight is 537 g/mol. The molecule has 2 fully saturated rings. The van der Waals surface area contributed by atoms with Gasteiger partial charge in [-0.15, -0.1) is 11.6 Å². The molecule has 37 heavy (non-hydrogen) atoms. The van der Waals surface area contributed by atoms with Gasteiger partial charge in [-0.25, -0.2) is 13.8 Å². The van der Waals surface area contributed by atoms with Gasteiger partial charge in [-0.05, 0) is 18.6 Å². The van der Waals surface area contributed by atoms with Crippen molar-refractivity contribution in [3.05, 3.63) is 24.0 Å². The van der Waals surface area contributed by atoms with Crippen LogP contribution in [0.5, 0.6) is 5.75 Å². The lowest BCUT2D eigenvalue weighted by Crippen LogP contribution is -2.40. The van der Waals surface area contributed by atoms with Crippen LogP contribution in [0, 0.1) is 0 Å². The third-order valence-electron chi connectivity index (χ3n) is 6.68. The summed E-state index contributed by atoms with van der Waals surface area (Å²) in [6.07, 6.45) is -2.18. The number of aromatic nitrogens is 5. The first kappa shape index (κ1) is 25.3. The second kappa shape index (κ2) is 10.6. The predicted octanol–water partition coefficient (Wildman–Crippen LogP) is 2.27. The highest BCUT2D eigenvalue weighted by Gasteiger charge is 2.32. The third kappa shape index (κ3) is 4.85. The number of benzene rings is 1. The van der Waals surface area contributed by atoms with Crippen LogP contribution in [0.4, 0.5) is 20.7 Å². The van der Waals surface area contributed by atoms with Crippen molar-refractivity contribution in [2.24, 2.45) is 0 Å². The van der Waals surface area contributed by atoms with Crippen molar-refractivity contribution in [3.8, 4) is 11.7 Å². The van der Waals surface area contributed by atoms with Crippen molar-refractivity contribution in [1.82, 2.24) is 29.4 Å². The van der Waals surface area contributed by atoms with E-state index in [0.717, 1.165) is 0 Å². The molecule has 0 saturated carbocycles. The van der Waals surface area contributed by atoms with Gasteiger partial charge in [0.2, 0.25) is 23.8 Å². The first-order valence-corrected chi connectivity index (χ1v) is 12.4. The molecule has 0 unspecified atom stereocenters. The maximum absolute atomic E-state index is 14.2. The van der Waals surface area contributed by atoms with Crippen LogP contribution in [-0.2, 0) is 9.53 Å². The Balaban J connectivity index is 1.61. The van der Waals surface area contributed by atoms with Crippen LogP contribution >= 0.6 is 11.6 Å². The second-order valence-corrected chi connectivity index (χ2v) is 9.06. The van der Waals surface area contributed by atoms with Crippen molar-refractivity contribution < 1.29 is 23.0 Å². The normalized spacial score (nSPS) is 18.2. The zero-order valence-corrected chi connectivity index (χ0v) is 21.2. The number of para-hydroxylation sites is 1. The topological polar surface area (TPSA) is 102 Å². The van der Waals surface area contributed by atoms with E-state index in [2.05, 4.69) is 15.0 Å². The minimum Gasteiger partial charge on any atom is -0.494 e. The number of likely N-dealkylation sites (N-methyl/N-ethyl adjacent to an activating group) is 1. The van der Waals surface area contributed by atoms with Crippen molar-refractivity contribution >= 4 is 40.4 Å². The number of imidazole rings is 1. The molecule has 1 amide bonds. The van der Waals surface area contributed by atoms with E-state index in [4.69, 9.17) is 26.1 Å². The number of carbonyl (C=O) groups is 1. The van der Waals surface area contributed by atoms with Gasteiger partial charge in [0.15, 0.2) is 5.82 Å². The zero-order valence-electron chi connectivity index (χ0n) is 20.5. The fraction of sp³-hybridized carbons (Fsp3) is 0.522. The molecule has 2 aromatic heterocycles. The number of hydrogen-bond acceptors (Lipinski definition) is 9. The molecular formula is C23H27ClF2N8O3. The number of amides is 1. The molecule has 1 atom stereocenters. The zero-order chi connectivity index (χ0) is 26.1. The van der Waals surface area contributed by atoms with E-state index in [0.29, 0.717) is 69.0 Å². The number of carbonyl (C=O) groups excluding carboxylic acids is 1. The van der Waals surface area contributed by atoms with E-state index >= 15 is 0 Å². The second-order valence-electron chi connectivity index (χ2n) is 8.80. The van der Waals surface area contributed by atoms with Gasteiger partial charge in [-0.1, -0.05) is 6.07 Å². The number of alkyl halides is 3. The molecule has 2 saturated heterocycles. The number of halogens is 3. The molecule has 4 heterocycles. The Bertz CT molecular complexity index is 1290. The van der Waals surface area contributed by atoms with Crippen molar-refractivity contribution in [2.45, 2.75) is 18.9 Å². The molecule has 1 aromatic carbocycles. The molecule has 11 nitrogen and oxygen atoms in total. The lowest BCUT2D eigenvalue weighted by atomic mass is 10.2. The van der Waals surface area contributed by atoms with Gasteiger partial charge in [0.25, 0.3) is 6.43 Å². The first-order chi connectivity index (χ1) is 17.9. The lowest BCUT2D eigenvalue weighted by molar-refractivity contribution is -0.128. The third-order valence-corrected chi connectivity index (χ3v) is 6.91. The molecule has 0 N–H and O–H groups in total. The van der Waals surface area contributed by atoms with Gasteiger partial charge in [0, 0.05) is 33.2 Å². The Kier molecular flexibility index (Phi) is 7.24. The number of methoxy groups -OCH3 is 1. The molecule has 198 valence electrons. The summed E-state index contributed by atoms with van der Waals surface area (Å²) in [5.41, 5.74) is 0.684. The summed E-state index contributed by atoms with van der Waals surface area (Å²) in [5.74, 6) is 0.349. The van der Waals surface area contributed by atoms with Crippen LogP contribution < -0.4 is 14.5 Å². The summed E-state index contributed by atoms with van der Waals surface area (Å²) in [5, 5.41) is 0. The summed E-state index contributed by atoms with van der Waals surface area (Å²) in [6.45, 7) is 3.17. The molecule has 0 spiro atoms. The van der Waals surface area contributed by atoms with E-state index in [-0.39, 0.29) is 29.3 Å². The highest BCUT2D eigenvalue weighted by atomic mass is 35.5. The maximum atomic E-state index is 14.2. The Morgan fingerprint density at radius 2 is 1.84 bits per heavy atom. The summed E-state index contributed by atoms with van der Waals surface area (Å²) in [6, 6.07) is 4.96. The van der Waals surface area contributed by atoms with E-state index in [1.165, 1.54) is 11.7 Å². The number of morpholine rings is 1. The smallest absolute Gasteiger partial charge is 0.296 e. The van der Waals surface area contributed by atoms with Crippen LogP contribution in [-0.4, -0.2) is 101 Å². The van der Waals surface area contributed by atoms with Crippen LogP contribution in [0.3, 0.4) is 0 Å². The van der Waals surface area contributed by atoms with Crippen molar-refractivity contribution in [2.75, 3.05) is 69.2 Å². The minimum absolute atomic E-state index is 0.0335. The monoisotopic (exact) mass is 536 g/mol. The fourth-order valence-electron chi connectivity index (χ4n) is 4.64. The van der Waals surface area contributed by atoms with Gasteiger partial charge in [0.05, 0.1) is 31.9 Å². The molecule has 0 bridgehead atoms. The van der Waals surface area contributed by atoms with Gasteiger partial charge in [-0.3, -0.25) is 9.36 Å². The highest BCUT2D eigenvalue weighted by molar-refractivity contribution is 6.27. The summed E-state index contributed by atoms with van der Waals surface area (Å²) >= 11 is 5.74. The predicted molar refractivity (Wildman–Crippen MR) is 133 cm³/mol. The van der Waals surface area contributed by atoms with Crippen LogP contribution in [0.1, 0.15) is 18.7 Å². The molecule has 3 aromatic rings. The van der Waals surface area contributed by atoms with E-state index in [1.807, 2.05) is 9.80 Å². The number of hydrogen-bond donors (Lipinski definition) is 0. The summed E-state index contributed by atoms with van der Waals surface area (Å²) in [4.78, 5) is 35.7. The molecule has 14 heteroatoms. The largest absolute Gasteiger partial charge is 0.494 e. The lowest BCUT2D eigenvalue weighted by Gasteiger charge is -2.28. The maximum Gasteiger partial charge on any atom is 0.296 e. The summed E-state index contributed by atoms with van der Waals surface area (Å²) < 4.78 is 40.5. The van der Waals surface area contributed by atoms with E-state index in [1.54, 1.807) is 30.1 Å². The SMILES string of the molecule is COc1cccc2c1nc(C(F)F)n2-c1nc(N2CCOCC2)nc(N2CC[C@@H](N(C)C(=O)CCl)C2)n1. The number of anilines is 2. The van der Waals surface area contributed by atoms with Crippen molar-refractivity contribution in [1.29, 1.82) is 0 Å². The minimum atomic E-state index is -2.88.